The van der Waals surface area contributed by atoms with Crippen molar-refractivity contribution in [1.82, 2.24) is 10.7 Å². The van der Waals surface area contributed by atoms with Crippen LogP contribution in [-0.4, -0.2) is 56.9 Å². The van der Waals surface area contributed by atoms with Crippen LogP contribution in [0.25, 0.3) is 0 Å². The highest BCUT2D eigenvalue weighted by atomic mass is 16.5. The molecule has 10 nitrogen and oxygen atoms in total. The van der Waals surface area contributed by atoms with Crippen molar-refractivity contribution >= 4 is 29.6 Å². The molecule has 1 aliphatic rings. The molecule has 1 atom stereocenters. The van der Waals surface area contributed by atoms with Crippen LogP contribution in [0.15, 0.2) is 47.6 Å². The molecule has 0 radical (unpaired) electrons. The molecule has 1 fully saturated rings. The van der Waals surface area contributed by atoms with E-state index in [-0.39, 0.29) is 30.9 Å². The van der Waals surface area contributed by atoms with Gasteiger partial charge in [-0.25, -0.2) is 5.43 Å². The molecule has 2 aromatic rings. The van der Waals surface area contributed by atoms with Crippen LogP contribution < -0.4 is 25.5 Å². The summed E-state index contributed by atoms with van der Waals surface area (Å²) < 4.78 is 16.4. The van der Waals surface area contributed by atoms with Crippen molar-refractivity contribution in [2.24, 2.45) is 5.10 Å². The molecule has 0 spiro atoms. The second-order valence-corrected chi connectivity index (χ2v) is 7.57. The van der Waals surface area contributed by atoms with E-state index in [1.807, 2.05) is 25.1 Å². The van der Waals surface area contributed by atoms with Crippen LogP contribution in [-0.2, 0) is 19.1 Å². The normalized spacial score (nSPS) is 15.1. The highest BCUT2D eigenvalue weighted by Crippen LogP contribution is 2.30. The Bertz CT molecular complexity index is 1050. The van der Waals surface area contributed by atoms with Crippen molar-refractivity contribution in [2.75, 3.05) is 32.2 Å². The van der Waals surface area contributed by atoms with E-state index in [1.165, 1.54) is 13.3 Å². The number of ether oxygens (including phenoxy) is 3. The Morgan fingerprint density at radius 3 is 2.71 bits per heavy atom. The maximum Gasteiger partial charge on any atom is 0.329 e. The maximum absolute atomic E-state index is 12.4. The molecule has 3 N–H and O–H groups in total. The van der Waals surface area contributed by atoms with E-state index in [2.05, 4.69) is 21.2 Å². The van der Waals surface area contributed by atoms with Gasteiger partial charge in [-0.1, -0.05) is 24.3 Å². The SMILES string of the molecule is COc1cccc(/C=N\NC(=O)C(=O)NC[C@H]2CCCO2)c1OCC(=O)Nc1ccccc1C. The van der Waals surface area contributed by atoms with Gasteiger partial charge in [-0.05, 0) is 43.5 Å². The first kappa shape index (κ1) is 24.7. The van der Waals surface area contributed by atoms with Crippen LogP contribution in [0.4, 0.5) is 5.69 Å². The number of carbonyl (C=O) groups excluding carboxylic acids is 3. The third-order valence-corrected chi connectivity index (χ3v) is 5.09. The van der Waals surface area contributed by atoms with Crippen LogP contribution in [0.3, 0.4) is 0 Å². The second kappa shape index (κ2) is 12.4. The molecule has 3 amide bonds. The molecule has 0 bridgehead atoms. The Hall–Kier alpha value is -3.92. The third kappa shape index (κ3) is 7.04. The van der Waals surface area contributed by atoms with Gasteiger partial charge < -0.3 is 24.8 Å². The van der Waals surface area contributed by atoms with E-state index in [9.17, 15) is 14.4 Å². The number of para-hydroxylation sites is 2. The molecular weight excluding hydrogens is 440 g/mol. The highest BCUT2D eigenvalue weighted by Gasteiger charge is 2.19. The van der Waals surface area contributed by atoms with Crippen molar-refractivity contribution in [1.29, 1.82) is 0 Å². The Labute approximate surface area is 197 Å². The number of anilines is 1. The minimum atomic E-state index is -0.905. The molecule has 0 aromatic heterocycles. The fourth-order valence-electron chi connectivity index (χ4n) is 3.29. The van der Waals surface area contributed by atoms with Crippen LogP contribution in [0.1, 0.15) is 24.0 Å². The maximum atomic E-state index is 12.4. The summed E-state index contributed by atoms with van der Waals surface area (Å²) in [6.07, 6.45) is 3.03. The standard InChI is InChI=1S/C24H28N4O6/c1-16-7-3-4-10-19(16)27-21(29)15-34-22-17(8-5-11-20(22)32-2)13-26-28-24(31)23(30)25-14-18-9-6-12-33-18/h3-5,7-8,10-11,13,18H,6,9,12,14-15H2,1-2H3,(H,25,30)(H,27,29)(H,28,31)/b26-13-/t18-/m1/s1. The lowest BCUT2D eigenvalue weighted by Gasteiger charge is -2.14. The molecule has 1 aliphatic heterocycles. The summed E-state index contributed by atoms with van der Waals surface area (Å²) in [4.78, 5) is 36.3. The van der Waals surface area contributed by atoms with E-state index in [0.717, 1.165) is 18.4 Å². The lowest BCUT2D eigenvalue weighted by molar-refractivity contribution is -0.139. The second-order valence-electron chi connectivity index (χ2n) is 7.57. The summed E-state index contributed by atoms with van der Waals surface area (Å²) in [5.41, 5.74) is 4.24. The number of hydrogen-bond acceptors (Lipinski definition) is 7. The summed E-state index contributed by atoms with van der Waals surface area (Å²) >= 11 is 0. The molecular formula is C24H28N4O6. The van der Waals surface area contributed by atoms with Gasteiger partial charge in [0, 0.05) is 24.4 Å². The van der Waals surface area contributed by atoms with Crippen LogP contribution in [0, 0.1) is 6.92 Å². The highest BCUT2D eigenvalue weighted by molar-refractivity contribution is 6.35. The number of aryl methyl sites for hydroxylation is 1. The zero-order valence-electron chi connectivity index (χ0n) is 19.1. The predicted molar refractivity (Wildman–Crippen MR) is 126 cm³/mol. The number of hydrazone groups is 1. The Morgan fingerprint density at radius 1 is 1.15 bits per heavy atom. The molecule has 10 heteroatoms. The van der Waals surface area contributed by atoms with Crippen molar-refractivity contribution in [3.63, 3.8) is 0 Å². The number of methoxy groups -OCH3 is 1. The molecule has 0 saturated carbocycles. The fraction of sp³-hybridized carbons (Fsp3) is 0.333. The van der Waals surface area contributed by atoms with E-state index in [1.54, 1.807) is 24.3 Å². The van der Waals surface area contributed by atoms with Gasteiger partial charge in [-0.15, -0.1) is 0 Å². The number of rotatable bonds is 9. The van der Waals surface area contributed by atoms with Gasteiger partial charge in [0.1, 0.15) is 0 Å². The fourth-order valence-corrected chi connectivity index (χ4v) is 3.29. The van der Waals surface area contributed by atoms with Crippen LogP contribution >= 0.6 is 0 Å². The molecule has 2 aromatic carbocycles. The third-order valence-electron chi connectivity index (χ3n) is 5.09. The first-order valence-electron chi connectivity index (χ1n) is 10.9. The number of nitrogens with one attached hydrogen (secondary N) is 3. The summed E-state index contributed by atoms with van der Waals surface area (Å²) in [7, 11) is 1.47. The van der Waals surface area contributed by atoms with Crippen LogP contribution in [0.2, 0.25) is 0 Å². The van der Waals surface area contributed by atoms with Gasteiger partial charge in [0.05, 0.1) is 19.4 Å². The number of carbonyl (C=O) groups is 3. The Morgan fingerprint density at radius 2 is 1.97 bits per heavy atom. The molecule has 1 saturated heterocycles. The quantitative estimate of drug-likeness (QED) is 0.292. The van der Waals surface area contributed by atoms with Crippen LogP contribution in [0.5, 0.6) is 11.5 Å². The first-order valence-corrected chi connectivity index (χ1v) is 10.9. The minimum absolute atomic E-state index is 0.0697. The average Bonchev–Trinajstić information content (AvgIpc) is 3.36. The van der Waals surface area contributed by atoms with E-state index < -0.39 is 11.8 Å². The molecule has 1 heterocycles. The topological polar surface area (TPSA) is 127 Å². The molecule has 180 valence electrons. The zero-order chi connectivity index (χ0) is 24.3. The summed E-state index contributed by atoms with van der Waals surface area (Å²) in [5, 5.41) is 9.14. The van der Waals surface area contributed by atoms with Gasteiger partial charge in [-0.3, -0.25) is 14.4 Å². The van der Waals surface area contributed by atoms with Crippen molar-refractivity contribution in [3.8, 4) is 11.5 Å². The summed E-state index contributed by atoms with van der Waals surface area (Å²) in [6, 6.07) is 12.4. The monoisotopic (exact) mass is 468 g/mol. The summed E-state index contributed by atoms with van der Waals surface area (Å²) in [5.74, 6) is -1.40. The lowest BCUT2D eigenvalue weighted by Crippen LogP contribution is -2.41. The molecule has 34 heavy (non-hydrogen) atoms. The number of benzene rings is 2. The van der Waals surface area contributed by atoms with Crippen molar-refractivity contribution in [2.45, 2.75) is 25.9 Å². The number of amides is 3. The van der Waals surface area contributed by atoms with Gasteiger partial charge in [-0.2, -0.15) is 5.10 Å². The summed E-state index contributed by atoms with van der Waals surface area (Å²) in [6.45, 7) is 2.56. The zero-order valence-corrected chi connectivity index (χ0v) is 19.1. The smallest absolute Gasteiger partial charge is 0.329 e. The van der Waals surface area contributed by atoms with E-state index >= 15 is 0 Å². The van der Waals surface area contributed by atoms with Gasteiger partial charge in [0.25, 0.3) is 5.91 Å². The van der Waals surface area contributed by atoms with Crippen molar-refractivity contribution in [3.05, 3.63) is 53.6 Å². The van der Waals surface area contributed by atoms with Gasteiger partial charge >= 0.3 is 11.8 Å². The van der Waals surface area contributed by atoms with Gasteiger partial charge in [0.2, 0.25) is 0 Å². The van der Waals surface area contributed by atoms with E-state index in [0.29, 0.717) is 23.6 Å². The first-order chi connectivity index (χ1) is 16.5. The minimum Gasteiger partial charge on any atom is -0.493 e. The lowest BCUT2D eigenvalue weighted by atomic mass is 10.2. The van der Waals surface area contributed by atoms with Crippen molar-refractivity contribution < 1.29 is 28.6 Å². The number of nitrogens with zero attached hydrogens (tertiary/aromatic N) is 1. The molecule has 0 aliphatic carbocycles. The number of hydrogen-bond donors (Lipinski definition) is 3. The Kier molecular flexibility index (Phi) is 8.98. The van der Waals surface area contributed by atoms with E-state index in [4.69, 9.17) is 14.2 Å². The largest absolute Gasteiger partial charge is 0.493 e. The molecule has 3 rings (SSSR count). The average molecular weight is 469 g/mol. The predicted octanol–water partition coefficient (Wildman–Crippen LogP) is 1.77. The van der Waals surface area contributed by atoms with Gasteiger partial charge in [0.15, 0.2) is 18.1 Å². The Balaban J connectivity index is 1.57. The molecule has 0 unspecified atom stereocenters.